The van der Waals surface area contributed by atoms with Crippen LogP contribution in [0.3, 0.4) is 0 Å². The van der Waals surface area contributed by atoms with Gasteiger partial charge in [-0.25, -0.2) is 8.78 Å². The van der Waals surface area contributed by atoms with Crippen molar-refractivity contribution in [2.24, 2.45) is 0 Å². The summed E-state index contributed by atoms with van der Waals surface area (Å²) < 4.78 is 25.4. The van der Waals surface area contributed by atoms with Crippen molar-refractivity contribution in [1.29, 1.82) is 0 Å². The third kappa shape index (κ3) is 4.49. The molecule has 0 bridgehead atoms. The largest absolute Gasteiger partial charge is 0.316 e. The average Bonchev–Trinajstić information content (AvgIpc) is 2.22. The van der Waals surface area contributed by atoms with Gasteiger partial charge in [-0.05, 0) is 37.6 Å². The van der Waals surface area contributed by atoms with Gasteiger partial charge < -0.3 is 5.32 Å². The van der Waals surface area contributed by atoms with E-state index >= 15 is 0 Å². The predicted molar refractivity (Wildman–Crippen MR) is 58.2 cm³/mol. The summed E-state index contributed by atoms with van der Waals surface area (Å²) in [5, 5.41) is 3.06. The van der Waals surface area contributed by atoms with Crippen molar-refractivity contribution in [3.05, 3.63) is 35.4 Å². The molecule has 88 valence electrons. The molecule has 1 rings (SSSR count). The fraction of sp³-hybridized carbons (Fsp3) is 0.417. The highest BCUT2D eigenvalue weighted by molar-refractivity contribution is 5.75. The van der Waals surface area contributed by atoms with Crippen LogP contribution < -0.4 is 5.32 Å². The molecule has 16 heavy (non-hydrogen) atoms. The summed E-state index contributed by atoms with van der Waals surface area (Å²) >= 11 is 0. The van der Waals surface area contributed by atoms with Crippen LogP contribution in [0.5, 0.6) is 0 Å². The number of nitrogens with one attached hydrogen (secondary N) is 1. The number of benzene rings is 1. The monoisotopic (exact) mass is 227 g/mol. The Morgan fingerprint density at radius 1 is 1.25 bits per heavy atom. The van der Waals surface area contributed by atoms with Crippen molar-refractivity contribution < 1.29 is 13.6 Å². The lowest BCUT2D eigenvalue weighted by atomic mass is 10.1. The van der Waals surface area contributed by atoms with E-state index in [1.807, 2.05) is 0 Å². The summed E-state index contributed by atoms with van der Waals surface area (Å²) in [6.07, 6.45) is 1.12. The van der Waals surface area contributed by atoms with Crippen molar-refractivity contribution in [3.8, 4) is 0 Å². The van der Waals surface area contributed by atoms with Crippen LogP contribution in [0, 0.1) is 11.6 Å². The SMILES string of the molecule is CC(=O)CCNCCc1ccc(F)c(F)c1. The molecule has 0 saturated carbocycles. The first-order valence-corrected chi connectivity index (χ1v) is 5.23. The number of carbonyl (C=O) groups excluding carboxylic acids is 1. The van der Waals surface area contributed by atoms with Crippen LogP contribution in [0.1, 0.15) is 18.9 Å². The van der Waals surface area contributed by atoms with Gasteiger partial charge in [0.15, 0.2) is 11.6 Å². The first-order chi connectivity index (χ1) is 7.59. The van der Waals surface area contributed by atoms with Gasteiger partial charge in [-0.1, -0.05) is 6.07 Å². The van der Waals surface area contributed by atoms with Crippen LogP contribution in [0.2, 0.25) is 0 Å². The maximum absolute atomic E-state index is 12.8. The van der Waals surface area contributed by atoms with Crippen LogP contribution in [0.15, 0.2) is 18.2 Å². The Bertz CT molecular complexity index is 366. The second-order valence-electron chi connectivity index (χ2n) is 3.70. The lowest BCUT2D eigenvalue weighted by Crippen LogP contribution is -2.20. The van der Waals surface area contributed by atoms with Gasteiger partial charge in [0.25, 0.3) is 0 Å². The first kappa shape index (κ1) is 12.8. The topological polar surface area (TPSA) is 29.1 Å². The van der Waals surface area contributed by atoms with Gasteiger partial charge in [0.05, 0.1) is 0 Å². The van der Waals surface area contributed by atoms with E-state index in [1.165, 1.54) is 13.0 Å². The zero-order valence-corrected chi connectivity index (χ0v) is 9.22. The Labute approximate surface area is 93.7 Å². The highest BCUT2D eigenvalue weighted by atomic mass is 19.2. The van der Waals surface area contributed by atoms with E-state index in [-0.39, 0.29) is 5.78 Å². The predicted octanol–water partition coefficient (Wildman–Crippen LogP) is 2.08. The Balaban J connectivity index is 2.27. The molecule has 1 N–H and O–H groups in total. The van der Waals surface area contributed by atoms with E-state index < -0.39 is 11.6 Å². The number of carbonyl (C=O) groups is 1. The molecule has 0 radical (unpaired) electrons. The van der Waals surface area contributed by atoms with Gasteiger partial charge in [-0.3, -0.25) is 4.79 Å². The summed E-state index contributed by atoms with van der Waals surface area (Å²) in [5.41, 5.74) is 0.745. The summed E-state index contributed by atoms with van der Waals surface area (Å²) in [6.45, 7) is 2.81. The van der Waals surface area contributed by atoms with Gasteiger partial charge in [-0.15, -0.1) is 0 Å². The smallest absolute Gasteiger partial charge is 0.159 e. The highest BCUT2D eigenvalue weighted by Gasteiger charge is 2.02. The number of hydrogen-bond donors (Lipinski definition) is 1. The van der Waals surface area contributed by atoms with Gasteiger partial charge >= 0.3 is 0 Å². The lowest BCUT2D eigenvalue weighted by molar-refractivity contribution is -0.116. The second kappa shape index (κ2) is 6.33. The normalized spacial score (nSPS) is 10.4. The average molecular weight is 227 g/mol. The summed E-state index contributed by atoms with van der Waals surface area (Å²) in [6, 6.07) is 3.88. The second-order valence-corrected chi connectivity index (χ2v) is 3.70. The fourth-order valence-corrected chi connectivity index (χ4v) is 1.32. The molecule has 1 aromatic carbocycles. The van der Waals surface area contributed by atoms with Crippen LogP contribution in [-0.4, -0.2) is 18.9 Å². The van der Waals surface area contributed by atoms with Crippen molar-refractivity contribution in [1.82, 2.24) is 5.32 Å². The van der Waals surface area contributed by atoms with Crippen molar-refractivity contribution in [2.45, 2.75) is 19.8 Å². The Morgan fingerprint density at radius 2 is 2.00 bits per heavy atom. The molecule has 0 saturated heterocycles. The summed E-state index contributed by atoms with van der Waals surface area (Å²) in [5.74, 6) is -1.50. The van der Waals surface area contributed by atoms with Crippen LogP contribution >= 0.6 is 0 Å². The van der Waals surface area contributed by atoms with E-state index in [0.717, 1.165) is 11.6 Å². The number of halogens is 2. The maximum atomic E-state index is 12.8. The van der Waals surface area contributed by atoms with Gasteiger partial charge in [0.1, 0.15) is 5.78 Å². The van der Waals surface area contributed by atoms with Crippen molar-refractivity contribution >= 4 is 5.78 Å². The Kier molecular flexibility index (Phi) is 5.05. The third-order valence-electron chi connectivity index (χ3n) is 2.23. The van der Waals surface area contributed by atoms with E-state index in [4.69, 9.17) is 0 Å². The molecule has 0 atom stereocenters. The van der Waals surface area contributed by atoms with E-state index in [1.54, 1.807) is 6.07 Å². The highest BCUT2D eigenvalue weighted by Crippen LogP contribution is 2.08. The third-order valence-corrected chi connectivity index (χ3v) is 2.23. The Hall–Kier alpha value is -1.29. The fourth-order valence-electron chi connectivity index (χ4n) is 1.32. The van der Waals surface area contributed by atoms with Crippen LogP contribution in [0.4, 0.5) is 8.78 Å². The molecule has 1 aromatic rings. The Morgan fingerprint density at radius 3 is 2.62 bits per heavy atom. The van der Waals surface area contributed by atoms with Gasteiger partial charge in [-0.2, -0.15) is 0 Å². The van der Waals surface area contributed by atoms with E-state index in [2.05, 4.69) is 5.32 Å². The quantitative estimate of drug-likeness (QED) is 0.754. The lowest BCUT2D eigenvalue weighted by Gasteiger charge is -2.04. The molecule has 0 heterocycles. The molecule has 0 aliphatic rings. The minimum atomic E-state index is -0.826. The molecule has 0 aliphatic heterocycles. The van der Waals surface area contributed by atoms with Crippen LogP contribution in [-0.2, 0) is 11.2 Å². The zero-order chi connectivity index (χ0) is 12.0. The van der Waals surface area contributed by atoms with Crippen molar-refractivity contribution in [2.75, 3.05) is 13.1 Å². The van der Waals surface area contributed by atoms with Gasteiger partial charge in [0.2, 0.25) is 0 Å². The molecule has 0 amide bonds. The van der Waals surface area contributed by atoms with E-state index in [9.17, 15) is 13.6 Å². The number of ketones is 1. The first-order valence-electron chi connectivity index (χ1n) is 5.23. The van der Waals surface area contributed by atoms with E-state index in [0.29, 0.717) is 25.9 Å². The zero-order valence-electron chi connectivity index (χ0n) is 9.22. The van der Waals surface area contributed by atoms with Gasteiger partial charge in [0, 0.05) is 13.0 Å². The van der Waals surface area contributed by atoms with Crippen LogP contribution in [0.25, 0.3) is 0 Å². The number of rotatable bonds is 6. The maximum Gasteiger partial charge on any atom is 0.159 e. The molecule has 0 unspecified atom stereocenters. The molecule has 4 heteroatoms. The van der Waals surface area contributed by atoms with Crippen molar-refractivity contribution in [3.63, 3.8) is 0 Å². The molecular weight excluding hydrogens is 212 g/mol. The minimum Gasteiger partial charge on any atom is -0.316 e. The number of Topliss-reactive ketones (excluding diaryl/α,β-unsaturated/α-hetero) is 1. The minimum absolute atomic E-state index is 0.139. The molecular formula is C12H15F2NO. The summed E-state index contributed by atoms with van der Waals surface area (Å²) in [4.78, 5) is 10.6. The standard InChI is InChI=1S/C12H15F2NO/c1-9(16)4-6-15-7-5-10-2-3-11(13)12(14)8-10/h2-3,8,15H,4-7H2,1H3. The molecule has 0 fully saturated rings. The summed E-state index contributed by atoms with van der Waals surface area (Å²) in [7, 11) is 0. The number of hydrogen-bond acceptors (Lipinski definition) is 2. The molecule has 0 aliphatic carbocycles. The molecule has 0 spiro atoms. The molecule has 0 aromatic heterocycles. The molecule has 2 nitrogen and oxygen atoms in total.